The van der Waals surface area contributed by atoms with Crippen molar-refractivity contribution in [2.75, 3.05) is 0 Å². The van der Waals surface area contributed by atoms with Gasteiger partial charge >= 0.3 is 11.9 Å². The van der Waals surface area contributed by atoms with Gasteiger partial charge in [-0.2, -0.15) is 0 Å². The average molecular weight is 346 g/mol. The molecule has 0 fully saturated rings. The van der Waals surface area contributed by atoms with Crippen molar-refractivity contribution in [2.24, 2.45) is 0 Å². The SMILES string of the molecule is CCCCCCCC(=O)C=Cc1ccc(OC(C)=O)c(OC(C)=O)c1. The number of ether oxygens (including phenoxy) is 2. The quantitative estimate of drug-likeness (QED) is 0.270. The monoisotopic (exact) mass is 346 g/mol. The van der Waals surface area contributed by atoms with Crippen LogP contribution in [0, 0.1) is 0 Å². The van der Waals surface area contributed by atoms with Gasteiger partial charge in [-0.15, -0.1) is 0 Å². The zero-order valence-corrected chi connectivity index (χ0v) is 15.2. The largest absolute Gasteiger partial charge is 0.423 e. The average Bonchev–Trinajstić information content (AvgIpc) is 2.54. The van der Waals surface area contributed by atoms with Gasteiger partial charge in [0.2, 0.25) is 0 Å². The second-order valence-corrected chi connectivity index (χ2v) is 5.86. The Morgan fingerprint density at radius 1 is 0.920 bits per heavy atom. The number of rotatable bonds is 10. The van der Waals surface area contributed by atoms with E-state index in [2.05, 4.69) is 6.92 Å². The van der Waals surface area contributed by atoms with Crippen LogP contribution in [0.3, 0.4) is 0 Å². The van der Waals surface area contributed by atoms with Gasteiger partial charge in [-0.1, -0.05) is 44.7 Å². The first kappa shape index (κ1) is 20.6. The number of hydrogen-bond donors (Lipinski definition) is 0. The summed E-state index contributed by atoms with van der Waals surface area (Å²) in [5.41, 5.74) is 0.687. The summed E-state index contributed by atoms with van der Waals surface area (Å²) in [5, 5.41) is 0. The Balaban J connectivity index is 2.69. The normalized spacial score (nSPS) is 10.7. The summed E-state index contributed by atoms with van der Waals surface area (Å²) in [6.07, 6.45) is 9.24. The van der Waals surface area contributed by atoms with Gasteiger partial charge in [0, 0.05) is 20.3 Å². The molecular formula is C20H26O5. The summed E-state index contributed by atoms with van der Waals surface area (Å²) in [4.78, 5) is 34.2. The van der Waals surface area contributed by atoms with Crippen molar-refractivity contribution in [3.63, 3.8) is 0 Å². The van der Waals surface area contributed by atoms with E-state index in [-0.39, 0.29) is 17.3 Å². The summed E-state index contributed by atoms with van der Waals surface area (Å²) in [5.74, 6) is -0.638. The molecular weight excluding hydrogens is 320 g/mol. The molecule has 1 aromatic carbocycles. The molecule has 0 saturated carbocycles. The van der Waals surface area contributed by atoms with Gasteiger partial charge in [0.15, 0.2) is 17.3 Å². The van der Waals surface area contributed by atoms with Gasteiger partial charge in [0.05, 0.1) is 0 Å². The summed E-state index contributed by atoms with van der Waals surface area (Å²) in [6, 6.07) is 4.79. The highest BCUT2D eigenvalue weighted by atomic mass is 16.6. The number of allylic oxidation sites excluding steroid dienone is 1. The lowest BCUT2D eigenvalue weighted by Crippen LogP contribution is -2.07. The van der Waals surface area contributed by atoms with E-state index < -0.39 is 11.9 Å². The van der Waals surface area contributed by atoms with Crippen LogP contribution in [-0.4, -0.2) is 17.7 Å². The Bertz CT molecular complexity index is 631. The molecule has 5 heteroatoms. The molecule has 0 bridgehead atoms. The van der Waals surface area contributed by atoms with E-state index in [4.69, 9.17) is 9.47 Å². The number of unbranched alkanes of at least 4 members (excludes halogenated alkanes) is 4. The lowest BCUT2D eigenvalue weighted by Gasteiger charge is -2.09. The Morgan fingerprint density at radius 2 is 1.56 bits per heavy atom. The first-order valence-corrected chi connectivity index (χ1v) is 8.64. The van der Waals surface area contributed by atoms with Crippen LogP contribution in [-0.2, 0) is 14.4 Å². The van der Waals surface area contributed by atoms with Crippen molar-refractivity contribution in [3.05, 3.63) is 29.8 Å². The highest BCUT2D eigenvalue weighted by Gasteiger charge is 2.10. The maximum atomic E-state index is 11.9. The summed E-state index contributed by atoms with van der Waals surface area (Å²) >= 11 is 0. The maximum absolute atomic E-state index is 11.9. The van der Waals surface area contributed by atoms with Crippen LogP contribution in [0.25, 0.3) is 6.08 Å². The van der Waals surface area contributed by atoms with Crippen molar-refractivity contribution in [1.29, 1.82) is 0 Å². The van der Waals surface area contributed by atoms with Crippen LogP contribution < -0.4 is 9.47 Å². The zero-order valence-electron chi connectivity index (χ0n) is 15.2. The van der Waals surface area contributed by atoms with E-state index in [0.717, 1.165) is 19.3 Å². The fraction of sp³-hybridized carbons (Fsp3) is 0.450. The van der Waals surface area contributed by atoms with Crippen molar-refractivity contribution in [3.8, 4) is 11.5 Å². The standard InChI is InChI=1S/C20H26O5/c1-4-5-6-7-8-9-18(23)12-10-17-11-13-19(24-15(2)21)20(14-17)25-16(3)22/h10-14H,4-9H2,1-3H3. The van der Waals surface area contributed by atoms with E-state index in [9.17, 15) is 14.4 Å². The Morgan fingerprint density at radius 3 is 2.20 bits per heavy atom. The summed E-state index contributed by atoms with van der Waals surface area (Å²) < 4.78 is 10.1. The third-order valence-corrected chi connectivity index (χ3v) is 3.46. The van der Waals surface area contributed by atoms with Crippen LogP contribution in [0.4, 0.5) is 0 Å². The van der Waals surface area contributed by atoms with Crippen molar-refractivity contribution < 1.29 is 23.9 Å². The zero-order chi connectivity index (χ0) is 18.7. The fourth-order valence-corrected chi connectivity index (χ4v) is 2.28. The first-order valence-electron chi connectivity index (χ1n) is 8.64. The molecule has 0 atom stereocenters. The number of benzene rings is 1. The number of carbonyl (C=O) groups is 3. The minimum atomic E-state index is -0.516. The third kappa shape index (κ3) is 8.84. The molecule has 136 valence electrons. The van der Waals surface area contributed by atoms with E-state index >= 15 is 0 Å². The molecule has 0 aliphatic carbocycles. The van der Waals surface area contributed by atoms with Crippen LogP contribution >= 0.6 is 0 Å². The molecule has 1 rings (SSSR count). The lowest BCUT2D eigenvalue weighted by molar-refractivity contribution is -0.134. The molecule has 1 aromatic rings. The highest BCUT2D eigenvalue weighted by Crippen LogP contribution is 2.29. The number of carbonyl (C=O) groups excluding carboxylic acids is 3. The lowest BCUT2D eigenvalue weighted by atomic mass is 10.1. The second kappa shape index (κ2) is 11.2. The van der Waals surface area contributed by atoms with Gasteiger partial charge < -0.3 is 9.47 Å². The predicted octanol–water partition coefficient (Wildman–Crippen LogP) is 4.48. The Kier molecular flexibility index (Phi) is 9.22. The van der Waals surface area contributed by atoms with E-state index in [1.807, 2.05) is 0 Å². The maximum Gasteiger partial charge on any atom is 0.308 e. The Labute approximate surface area is 149 Å². The number of ketones is 1. The van der Waals surface area contributed by atoms with Gasteiger partial charge in [-0.25, -0.2) is 0 Å². The summed E-state index contributed by atoms with van der Waals surface area (Å²) in [7, 11) is 0. The van der Waals surface area contributed by atoms with Crippen LogP contribution in [0.15, 0.2) is 24.3 Å². The summed E-state index contributed by atoms with van der Waals surface area (Å²) in [6.45, 7) is 4.69. The topological polar surface area (TPSA) is 69.7 Å². The molecule has 0 aliphatic heterocycles. The van der Waals surface area contributed by atoms with E-state index in [1.54, 1.807) is 18.2 Å². The van der Waals surface area contributed by atoms with Crippen LogP contribution in [0.5, 0.6) is 11.5 Å². The van der Waals surface area contributed by atoms with Gasteiger partial charge in [-0.3, -0.25) is 14.4 Å². The van der Waals surface area contributed by atoms with E-state index in [1.165, 1.54) is 38.8 Å². The molecule has 5 nitrogen and oxygen atoms in total. The molecule has 0 saturated heterocycles. The van der Waals surface area contributed by atoms with Gasteiger partial charge in [-0.05, 0) is 30.2 Å². The molecule has 0 radical (unpaired) electrons. The van der Waals surface area contributed by atoms with Crippen LogP contribution in [0.2, 0.25) is 0 Å². The second-order valence-electron chi connectivity index (χ2n) is 5.86. The van der Waals surface area contributed by atoms with Crippen molar-refractivity contribution >= 4 is 23.8 Å². The molecule has 25 heavy (non-hydrogen) atoms. The molecule has 0 aliphatic rings. The number of esters is 2. The molecule has 0 N–H and O–H groups in total. The van der Waals surface area contributed by atoms with E-state index in [0.29, 0.717) is 12.0 Å². The van der Waals surface area contributed by atoms with Gasteiger partial charge in [0.1, 0.15) is 0 Å². The number of hydrogen-bond acceptors (Lipinski definition) is 5. The van der Waals surface area contributed by atoms with Crippen molar-refractivity contribution in [1.82, 2.24) is 0 Å². The minimum Gasteiger partial charge on any atom is -0.423 e. The van der Waals surface area contributed by atoms with Gasteiger partial charge in [0.25, 0.3) is 0 Å². The first-order chi connectivity index (χ1) is 11.9. The van der Waals surface area contributed by atoms with Crippen molar-refractivity contribution in [2.45, 2.75) is 59.3 Å². The molecule has 0 spiro atoms. The predicted molar refractivity (Wildman–Crippen MR) is 96.5 cm³/mol. The highest BCUT2D eigenvalue weighted by molar-refractivity contribution is 5.93. The molecule has 0 amide bonds. The fourth-order valence-electron chi connectivity index (χ4n) is 2.28. The smallest absolute Gasteiger partial charge is 0.308 e. The minimum absolute atomic E-state index is 0.0644. The molecule has 0 aromatic heterocycles. The molecule has 0 unspecified atom stereocenters. The Hall–Kier alpha value is -2.43. The molecule has 0 heterocycles. The third-order valence-electron chi connectivity index (χ3n) is 3.46. The van der Waals surface area contributed by atoms with Crippen LogP contribution in [0.1, 0.15) is 64.9 Å².